The third kappa shape index (κ3) is 3.21. The number of para-hydroxylation sites is 1. The molecule has 22 heavy (non-hydrogen) atoms. The van der Waals surface area contributed by atoms with Gasteiger partial charge in [-0.3, -0.25) is 0 Å². The zero-order valence-electron chi connectivity index (χ0n) is 12.7. The average molecular weight is 305 g/mol. The Morgan fingerprint density at radius 3 is 1.73 bits per heavy atom. The fourth-order valence-electron chi connectivity index (χ4n) is 2.59. The van der Waals surface area contributed by atoms with E-state index in [0.29, 0.717) is 0 Å². The van der Waals surface area contributed by atoms with Gasteiger partial charge in [-0.25, -0.2) is 0 Å². The summed E-state index contributed by atoms with van der Waals surface area (Å²) in [5.41, 5.74) is 1.24. The summed E-state index contributed by atoms with van der Waals surface area (Å²) in [6.45, 7) is 3.08. The first-order valence-corrected chi connectivity index (χ1v) is 8.97. The van der Waals surface area contributed by atoms with Crippen molar-refractivity contribution in [2.45, 2.75) is 6.92 Å². The van der Waals surface area contributed by atoms with Gasteiger partial charge >= 0.3 is 0 Å². The Kier molecular flexibility index (Phi) is 4.88. The molecule has 110 valence electrons. The van der Waals surface area contributed by atoms with Crippen molar-refractivity contribution in [3.05, 3.63) is 84.9 Å². The van der Waals surface area contributed by atoms with Crippen molar-refractivity contribution >= 4 is 29.5 Å². The summed E-state index contributed by atoms with van der Waals surface area (Å²) < 4.78 is 0. The van der Waals surface area contributed by atoms with Gasteiger partial charge in [-0.15, -0.1) is 0 Å². The maximum absolute atomic E-state index is 3.51. The predicted molar refractivity (Wildman–Crippen MR) is 99.3 cm³/mol. The third-order valence-corrected chi connectivity index (χ3v) is 6.04. The van der Waals surface area contributed by atoms with Crippen LogP contribution in [0.4, 0.5) is 5.69 Å². The van der Waals surface area contributed by atoms with Gasteiger partial charge in [0.25, 0.3) is 0 Å². The van der Waals surface area contributed by atoms with Gasteiger partial charge in [0.2, 0.25) is 0 Å². The molecule has 0 bridgehead atoms. The maximum Gasteiger partial charge on any atom is 0.0424 e. The van der Waals surface area contributed by atoms with Crippen molar-refractivity contribution in [2.75, 3.05) is 11.9 Å². The molecule has 0 amide bonds. The predicted octanol–water partition coefficient (Wildman–Crippen LogP) is 3.88. The van der Waals surface area contributed by atoms with Gasteiger partial charge in [0.05, 0.1) is 0 Å². The van der Waals surface area contributed by atoms with Crippen molar-refractivity contribution in [1.29, 1.82) is 0 Å². The van der Waals surface area contributed by atoms with E-state index in [1.54, 1.807) is 0 Å². The Labute approximate surface area is 133 Å². The first-order chi connectivity index (χ1) is 10.9. The molecule has 0 aliphatic rings. The number of benzene rings is 3. The zero-order chi connectivity index (χ0) is 15.2. The van der Waals surface area contributed by atoms with Gasteiger partial charge in [-0.2, -0.15) is 0 Å². The van der Waals surface area contributed by atoms with Gasteiger partial charge < -0.3 is 5.32 Å². The minimum absolute atomic E-state index is 0.541. The lowest BCUT2D eigenvalue weighted by Gasteiger charge is -2.22. The molecule has 0 fully saturated rings. The summed E-state index contributed by atoms with van der Waals surface area (Å²) in [4.78, 5) is 0. The van der Waals surface area contributed by atoms with Gasteiger partial charge in [0.15, 0.2) is 0 Å². The highest BCUT2D eigenvalue weighted by Crippen LogP contribution is 2.35. The quantitative estimate of drug-likeness (QED) is 0.706. The van der Waals surface area contributed by atoms with Gasteiger partial charge in [0, 0.05) is 17.5 Å². The molecule has 2 heteroatoms. The first kappa shape index (κ1) is 14.8. The molecular formula is C20H20NP. The molecule has 3 aromatic carbocycles. The lowest BCUT2D eigenvalue weighted by molar-refractivity contribution is 1.22. The fourth-order valence-corrected chi connectivity index (χ4v) is 5.01. The van der Waals surface area contributed by atoms with Crippen LogP contribution in [0.2, 0.25) is 0 Å². The Balaban J connectivity index is 2.15. The Morgan fingerprint density at radius 1 is 0.682 bits per heavy atom. The van der Waals surface area contributed by atoms with Crippen LogP contribution in [0.3, 0.4) is 0 Å². The highest BCUT2D eigenvalue weighted by molar-refractivity contribution is 7.80. The molecule has 0 aliphatic carbocycles. The minimum atomic E-state index is -0.541. The highest BCUT2D eigenvalue weighted by Gasteiger charge is 2.18. The molecule has 1 nitrogen and oxygen atoms in total. The molecule has 0 heterocycles. The number of anilines is 1. The molecule has 0 atom stereocenters. The Morgan fingerprint density at radius 2 is 1.18 bits per heavy atom. The van der Waals surface area contributed by atoms with E-state index in [-0.39, 0.29) is 0 Å². The molecule has 0 saturated carbocycles. The number of hydrogen-bond acceptors (Lipinski definition) is 1. The van der Waals surface area contributed by atoms with E-state index in [4.69, 9.17) is 0 Å². The second-order valence-corrected chi connectivity index (χ2v) is 7.24. The molecule has 0 aliphatic heterocycles. The topological polar surface area (TPSA) is 12.0 Å². The van der Waals surface area contributed by atoms with Crippen molar-refractivity contribution in [1.82, 2.24) is 0 Å². The molecule has 1 N–H and O–H groups in total. The van der Waals surface area contributed by atoms with Crippen molar-refractivity contribution in [3.8, 4) is 0 Å². The van der Waals surface area contributed by atoms with Crippen LogP contribution in [-0.4, -0.2) is 6.54 Å². The monoisotopic (exact) mass is 305 g/mol. The SMILES string of the molecule is CCNc1ccccc1P(c1ccccc1)c1ccccc1. The van der Waals surface area contributed by atoms with Crippen LogP contribution in [0, 0.1) is 0 Å². The van der Waals surface area contributed by atoms with Crippen molar-refractivity contribution < 1.29 is 0 Å². The van der Waals surface area contributed by atoms with Crippen LogP contribution in [0.1, 0.15) is 6.92 Å². The highest BCUT2D eigenvalue weighted by atomic mass is 31.1. The van der Waals surface area contributed by atoms with E-state index in [9.17, 15) is 0 Å². The van der Waals surface area contributed by atoms with Gasteiger partial charge in [0.1, 0.15) is 0 Å². The largest absolute Gasteiger partial charge is 0.385 e. The number of hydrogen-bond donors (Lipinski definition) is 1. The molecule has 0 spiro atoms. The van der Waals surface area contributed by atoms with Crippen LogP contribution in [0.5, 0.6) is 0 Å². The van der Waals surface area contributed by atoms with Crippen LogP contribution < -0.4 is 21.2 Å². The summed E-state index contributed by atoms with van der Waals surface area (Å²) in [6.07, 6.45) is 0. The van der Waals surface area contributed by atoms with Crippen molar-refractivity contribution in [3.63, 3.8) is 0 Å². The lowest BCUT2D eigenvalue weighted by Crippen LogP contribution is -2.23. The molecule has 3 rings (SSSR count). The smallest absolute Gasteiger partial charge is 0.0424 e. The molecular weight excluding hydrogens is 285 g/mol. The Bertz CT molecular complexity index is 671. The summed E-state index contributed by atoms with van der Waals surface area (Å²) in [6, 6.07) is 30.3. The van der Waals surface area contributed by atoms with Crippen LogP contribution in [0.25, 0.3) is 0 Å². The van der Waals surface area contributed by atoms with Crippen molar-refractivity contribution in [2.24, 2.45) is 0 Å². The third-order valence-electron chi connectivity index (χ3n) is 3.54. The number of rotatable bonds is 5. The normalized spacial score (nSPS) is 10.6. The van der Waals surface area contributed by atoms with E-state index >= 15 is 0 Å². The van der Waals surface area contributed by atoms with E-state index in [0.717, 1.165) is 6.54 Å². The van der Waals surface area contributed by atoms with E-state index < -0.39 is 7.92 Å². The zero-order valence-corrected chi connectivity index (χ0v) is 13.6. The van der Waals surface area contributed by atoms with E-state index in [1.165, 1.54) is 21.6 Å². The standard InChI is InChI=1S/C20H20NP/c1-2-21-19-15-9-10-16-20(19)22(17-11-5-3-6-12-17)18-13-7-4-8-14-18/h3-16,21H,2H2,1H3. The van der Waals surface area contributed by atoms with E-state index in [2.05, 4.69) is 97.2 Å². The second kappa shape index (κ2) is 7.24. The summed E-state index contributed by atoms with van der Waals surface area (Å²) >= 11 is 0. The molecule has 0 saturated heterocycles. The first-order valence-electron chi connectivity index (χ1n) is 7.63. The molecule has 0 radical (unpaired) electrons. The van der Waals surface area contributed by atoms with E-state index in [1.807, 2.05) is 0 Å². The maximum atomic E-state index is 3.51. The lowest BCUT2D eigenvalue weighted by atomic mass is 10.3. The Hall–Kier alpha value is -2.11. The van der Waals surface area contributed by atoms with Gasteiger partial charge in [-0.05, 0) is 31.5 Å². The molecule has 0 unspecified atom stereocenters. The van der Waals surface area contributed by atoms with Crippen LogP contribution in [0.15, 0.2) is 84.9 Å². The summed E-state index contributed by atoms with van der Waals surface area (Å²) in [5.74, 6) is 0. The second-order valence-electron chi connectivity index (χ2n) is 5.05. The average Bonchev–Trinajstić information content (AvgIpc) is 2.59. The molecule has 0 aromatic heterocycles. The van der Waals surface area contributed by atoms with Crippen LogP contribution >= 0.6 is 7.92 Å². The number of nitrogens with one attached hydrogen (secondary N) is 1. The minimum Gasteiger partial charge on any atom is -0.385 e. The summed E-state index contributed by atoms with van der Waals surface area (Å²) in [7, 11) is -0.541. The van der Waals surface area contributed by atoms with Gasteiger partial charge in [-0.1, -0.05) is 78.9 Å². The summed E-state index contributed by atoms with van der Waals surface area (Å²) in [5, 5.41) is 7.66. The molecule has 3 aromatic rings. The van der Waals surface area contributed by atoms with Crippen LogP contribution in [-0.2, 0) is 0 Å². The fraction of sp³-hybridized carbons (Fsp3) is 0.100.